The normalized spacial score (nSPS) is 21.6. The number of amides is 2. The maximum Gasteiger partial charge on any atom is 0.335 e. The molecule has 12 nitrogen and oxygen atoms in total. The number of hydrogen-bond acceptors (Lipinski definition) is 9. The molecule has 55 heavy (non-hydrogen) atoms. The van der Waals surface area contributed by atoms with E-state index in [9.17, 15) is 28.0 Å². The van der Waals surface area contributed by atoms with Crippen LogP contribution in [0.25, 0.3) is 0 Å². The predicted molar refractivity (Wildman–Crippen MR) is 205 cm³/mol. The fraction of sp³-hybridized carbons (Fsp3) is 0.590. The molecule has 0 aliphatic carbocycles. The number of ether oxygens (including phenoxy) is 4. The van der Waals surface area contributed by atoms with Crippen molar-refractivity contribution in [3.63, 3.8) is 0 Å². The Bertz CT molecular complexity index is 1670. The second-order valence-corrected chi connectivity index (χ2v) is 16.9. The molecule has 2 aromatic carbocycles. The minimum absolute atomic E-state index is 0.0172. The molecule has 0 radical (unpaired) electrons. The molecule has 0 aromatic heterocycles. The Hall–Kier alpha value is -3.24. The first-order chi connectivity index (χ1) is 25.2. The summed E-state index contributed by atoms with van der Waals surface area (Å²) in [6, 6.07) is 7.10. The SMILES string of the molecule is C[C@@H](CNC(=O)[C@@H]1OC(C)(C)OCC1(C)C)CC(=O)c1ccc(F)c(Cl)c1.C[C@H](N)CNC(=O)[C@@H]1OC(C)(C)OCC1(C)C.O=C(O)c1ccc(F)c(Cl)c1. The molecule has 0 saturated carbocycles. The van der Waals surface area contributed by atoms with E-state index >= 15 is 0 Å². The van der Waals surface area contributed by atoms with Gasteiger partial charge >= 0.3 is 5.97 Å². The number of halogens is 4. The van der Waals surface area contributed by atoms with Gasteiger partial charge in [0.1, 0.15) is 23.8 Å². The highest BCUT2D eigenvalue weighted by molar-refractivity contribution is 6.31. The van der Waals surface area contributed by atoms with Crippen molar-refractivity contribution in [2.45, 2.75) is 105 Å². The van der Waals surface area contributed by atoms with Crippen LogP contribution in [0, 0.1) is 28.4 Å². The predicted octanol–water partition coefficient (Wildman–Crippen LogP) is 6.79. The molecule has 16 heteroatoms. The highest BCUT2D eigenvalue weighted by Crippen LogP contribution is 2.36. The van der Waals surface area contributed by atoms with Crippen LogP contribution in [0.4, 0.5) is 8.78 Å². The number of aromatic carboxylic acids is 1. The van der Waals surface area contributed by atoms with Crippen LogP contribution in [-0.2, 0) is 28.5 Å². The molecule has 0 bridgehead atoms. The van der Waals surface area contributed by atoms with Crippen LogP contribution >= 0.6 is 23.2 Å². The number of nitrogens with one attached hydrogen (secondary N) is 2. The van der Waals surface area contributed by atoms with Crippen LogP contribution in [0.2, 0.25) is 10.0 Å². The highest BCUT2D eigenvalue weighted by atomic mass is 35.5. The largest absolute Gasteiger partial charge is 0.478 e. The highest BCUT2D eigenvalue weighted by Gasteiger charge is 2.46. The summed E-state index contributed by atoms with van der Waals surface area (Å²) in [4.78, 5) is 47.3. The first-order valence-corrected chi connectivity index (χ1v) is 18.5. The lowest BCUT2D eigenvalue weighted by Gasteiger charge is -2.44. The summed E-state index contributed by atoms with van der Waals surface area (Å²) in [7, 11) is 0. The molecule has 4 atom stereocenters. The number of ketones is 1. The van der Waals surface area contributed by atoms with Gasteiger partial charge in [0.25, 0.3) is 0 Å². The lowest BCUT2D eigenvalue weighted by molar-refractivity contribution is -0.304. The zero-order valence-electron chi connectivity index (χ0n) is 33.1. The lowest BCUT2D eigenvalue weighted by atomic mass is 9.85. The summed E-state index contributed by atoms with van der Waals surface area (Å²) in [5.41, 5.74) is 5.16. The molecular weight excluding hydrogens is 763 g/mol. The van der Waals surface area contributed by atoms with Crippen LogP contribution < -0.4 is 16.4 Å². The Labute approximate surface area is 332 Å². The topological polar surface area (TPSA) is 176 Å². The van der Waals surface area contributed by atoms with E-state index in [1.165, 1.54) is 18.2 Å². The second-order valence-electron chi connectivity index (χ2n) is 16.1. The van der Waals surface area contributed by atoms with Gasteiger partial charge in [-0.1, -0.05) is 57.8 Å². The molecule has 308 valence electrons. The summed E-state index contributed by atoms with van der Waals surface area (Å²) < 4.78 is 48.4. The Balaban J connectivity index is 0.000000317. The number of carboxylic acid groups (broad SMARTS) is 1. The van der Waals surface area contributed by atoms with E-state index in [1.54, 1.807) is 13.8 Å². The zero-order valence-corrected chi connectivity index (χ0v) is 34.6. The Morgan fingerprint density at radius 1 is 0.764 bits per heavy atom. The van der Waals surface area contributed by atoms with E-state index in [-0.39, 0.29) is 57.0 Å². The van der Waals surface area contributed by atoms with Gasteiger partial charge in [0, 0.05) is 41.9 Å². The van der Waals surface area contributed by atoms with Gasteiger partial charge in [0.05, 0.1) is 28.8 Å². The summed E-state index contributed by atoms with van der Waals surface area (Å²) >= 11 is 11.0. The maximum atomic E-state index is 13.2. The quantitative estimate of drug-likeness (QED) is 0.187. The average molecular weight is 819 g/mol. The van der Waals surface area contributed by atoms with Crippen molar-refractivity contribution < 1.29 is 52.0 Å². The van der Waals surface area contributed by atoms with Crippen molar-refractivity contribution in [2.75, 3.05) is 26.3 Å². The summed E-state index contributed by atoms with van der Waals surface area (Å²) in [5, 5.41) is 13.8. The number of carbonyl (C=O) groups excluding carboxylic acids is 3. The number of rotatable bonds is 10. The standard InChI is InChI=1S/C20H27ClFNO4.C12H24N2O3.C7H4ClFO2/c1-12(8-16(24)13-6-7-15(22)14(21)9-13)10-23-18(25)17-19(2,3)11-26-20(4,5)27-17;1-8(13)6-14-10(15)9-11(2,3)7-16-12(4,5)17-9;8-5-3-4(7(10)11)1-2-6(5)9/h6-7,9,12,17H,8,10-11H2,1-5H3,(H,23,25);8-9H,6-7,13H2,1-5H3,(H,14,15);1-3H,(H,10,11)/t12-,17+;8-,9-;/m10./s1. The van der Waals surface area contributed by atoms with E-state index in [0.29, 0.717) is 31.9 Å². The van der Waals surface area contributed by atoms with Crippen LogP contribution in [0.15, 0.2) is 36.4 Å². The van der Waals surface area contributed by atoms with Gasteiger partial charge in [0.2, 0.25) is 11.8 Å². The average Bonchev–Trinajstić information content (AvgIpc) is 3.08. The van der Waals surface area contributed by atoms with E-state index in [0.717, 1.165) is 18.2 Å². The summed E-state index contributed by atoms with van der Waals surface area (Å²) in [6.07, 6.45) is -0.934. The van der Waals surface area contributed by atoms with E-state index in [4.69, 9.17) is 53.0 Å². The molecule has 2 aliphatic rings. The molecule has 0 spiro atoms. The van der Waals surface area contributed by atoms with Gasteiger partial charge < -0.3 is 40.4 Å². The first kappa shape index (κ1) is 47.9. The fourth-order valence-corrected chi connectivity index (χ4v) is 5.53. The molecule has 0 unspecified atom stereocenters. The first-order valence-electron chi connectivity index (χ1n) is 17.8. The van der Waals surface area contributed by atoms with Gasteiger partial charge in [0.15, 0.2) is 17.4 Å². The lowest BCUT2D eigenvalue weighted by Crippen LogP contribution is -2.57. The third-order valence-electron chi connectivity index (χ3n) is 8.45. The van der Waals surface area contributed by atoms with Gasteiger partial charge in [-0.3, -0.25) is 14.4 Å². The van der Waals surface area contributed by atoms with E-state index in [2.05, 4.69) is 10.6 Å². The third kappa shape index (κ3) is 15.3. The van der Waals surface area contributed by atoms with Crippen molar-refractivity contribution in [2.24, 2.45) is 22.5 Å². The maximum absolute atomic E-state index is 13.2. The number of benzene rings is 2. The Morgan fingerprint density at radius 3 is 1.56 bits per heavy atom. The Kier molecular flexibility index (Phi) is 17.2. The van der Waals surface area contributed by atoms with Gasteiger partial charge in [-0.05, 0) is 76.9 Å². The fourth-order valence-electron chi connectivity index (χ4n) is 5.17. The monoisotopic (exact) mass is 817 g/mol. The molecule has 2 aliphatic heterocycles. The number of hydrogen-bond donors (Lipinski definition) is 4. The summed E-state index contributed by atoms with van der Waals surface area (Å²) in [5.74, 6) is -4.42. The van der Waals surface area contributed by atoms with Crippen LogP contribution in [0.1, 0.15) is 96.4 Å². The molecule has 2 saturated heterocycles. The molecular formula is C39H55Cl2F2N3O9. The van der Waals surface area contributed by atoms with Crippen molar-refractivity contribution in [3.05, 3.63) is 69.2 Å². The van der Waals surface area contributed by atoms with Gasteiger partial charge in [-0.15, -0.1) is 0 Å². The van der Waals surface area contributed by atoms with Crippen molar-refractivity contribution in [1.29, 1.82) is 0 Å². The number of nitrogens with two attached hydrogens (primary N) is 1. The van der Waals surface area contributed by atoms with Crippen LogP contribution in [0.3, 0.4) is 0 Å². The Morgan fingerprint density at radius 2 is 1.16 bits per heavy atom. The van der Waals surface area contributed by atoms with E-state index in [1.807, 2.05) is 55.4 Å². The minimum atomic E-state index is -1.12. The zero-order chi connectivity index (χ0) is 42.1. The van der Waals surface area contributed by atoms with Crippen LogP contribution in [-0.4, -0.2) is 84.8 Å². The van der Waals surface area contributed by atoms with Crippen molar-refractivity contribution in [1.82, 2.24) is 10.6 Å². The molecule has 2 heterocycles. The molecule has 2 amide bonds. The van der Waals surface area contributed by atoms with Crippen molar-refractivity contribution >= 4 is 46.8 Å². The van der Waals surface area contributed by atoms with Gasteiger partial charge in [-0.25, -0.2) is 13.6 Å². The minimum Gasteiger partial charge on any atom is -0.478 e. The van der Waals surface area contributed by atoms with Crippen molar-refractivity contribution in [3.8, 4) is 0 Å². The smallest absolute Gasteiger partial charge is 0.335 e. The van der Waals surface area contributed by atoms with E-state index < -0.39 is 46.8 Å². The molecule has 2 aromatic rings. The number of carbonyl (C=O) groups is 4. The van der Waals surface area contributed by atoms with Crippen LogP contribution in [0.5, 0.6) is 0 Å². The third-order valence-corrected chi connectivity index (χ3v) is 9.03. The molecule has 4 rings (SSSR count). The summed E-state index contributed by atoms with van der Waals surface area (Å²) in [6.45, 7) is 20.3. The number of Topliss-reactive ketones (excluding diaryl/α,β-unsaturated/α-hetero) is 1. The molecule has 5 N–H and O–H groups in total. The molecule has 2 fully saturated rings. The number of carboxylic acids is 1. The second kappa shape index (κ2) is 19.8. The van der Waals surface area contributed by atoms with Gasteiger partial charge in [-0.2, -0.15) is 0 Å².